The summed E-state index contributed by atoms with van der Waals surface area (Å²) < 4.78 is 0. The molecular weight excluding hydrogens is 184 g/mol. The number of anilines is 1. The fourth-order valence-electron chi connectivity index (χ4n) is 0.885. The molecule has 2 amide bonds. The van der Waals surface area contributed by atoms with Crippen LogP contribution in [0.25, 0.3) is 0 Å². The molecule has 3 N–H and O–H groups in total. The smallest absolute Gasteiger partial charge is 0.313 e. The van der Waals surface area contributed by atoms with Crippen molar-refractivity contribution in [1.29, 1.82) is 0 Å². The molecule has 0 spiro atoms. The SMILES string of the molecule is CNC(=O)C(=O)Nc1cccc(O)c1. The minimum atomic E-state index is -0.766. The van der Waals surface area contributed by atoms with Crippen LogP contribution in [0.4, 0.5) is 5.69 Å². The average Bonchev–Trinajstić information content (AvgIpc) is 2.16. The number of likely N-dealkylation sites (N-methyl/N-ethyl adjacent to an activating group) is 1. The normalized spacial score (nSPS) is 9.21. The number of carbonyl (C=O) groups excluding carboxylic acids is 2. The van der Waals surface area contributed by atoms with Crippen LogP contribution in [0.15, 0.2) is 24.3 Å². The van der Waals surface area contributed by atoms with Crippen molar-refractivity contribution in [3.05, 3.63) is 24.3 Å². The van der Waals surface area contributed by atoms with Crippen LogP contribution in [0.3, 0.4) is 0 Å². The van der Waals surface area contributed by atoms with Gasteiger partial charge in [0.15, 0.2) is 0 Å². The Bertz CT molecular complexity index is 363. The standard InChI is InChI=1S/C9H10N2O3/c1-10-8(13)9(14)11-6-3-2-4-7(12)5-6/h2-5,12H,1H3,(H,10,13)(H,11,14). The van der Waals surface area contributed by atoms with Crippen molar-refractivity contribution in [3.63, 3.8) is 0 Å². The minimum Gasteiger partial charge on any atom is -0.508 e. The summed E-state index contributed by atoms with van der Waals surface area (Å²) >= 11 is 0. The highest BCUT2D eigenvalue weighted by molar-refractivity contribution is 6.39. The summed E-state index contributed by atoms with van der Waals surface area (Å²) in [5, 5.41) is 13.6. The molecule has 0 saturated heterocycles. The molecule has 0 unspecified atom stereocenters. The summed E-state index contributed by atoms with van der Waals surface area (Å²) in [6, 6.07) is 5.95. The lowest BCUT2D eigenvalue weighted by Crippen LogP contribution is -2.32. The fourth-order valence-corrected chi connectivity index (χ4v) is 0.885. The number of hydrogen-bond acceptors (Lipinski definition) is 3. The van der Waals surface area contributed by atoms with Crippen molar-refractivity contribution in [2.24, 2.45) is 0 Å². The number of phenolic OH excluding ortho intramolecular Hbond substituents is 1. The van der Waals surface area contributed by atoms with Crippen LogP contribution in [-0.2, 0) is 9.59 Å². The zero-order valence-electron chi connectivity index (χ0n) is 7.57. The quantitative estimate of drug-likeness (QED) is 0.554. The molecule has 14 heavy (non-hydrogen) atoms. The van der Waals surface area contributed by atoms with E-state index >= 15 is 0 Å². The Morgan fingerprint density at radius 3 is 2.57 bits per heavy atom. The van der Waals surface area contributed by atoms with E-state index in [2.05, 4.69) is 10.6 Å². The molecule has 0 bridgehead atoms. The molecule has 0 aliphatic carbocycles. The summed E-state index contributed by atoms with van der Waals surface area (Å²) in [6.07, 6.45) is 0. The van der Waals surface area contributed by atoms with Gasteiger partial charge in [-0.15, -0.1) is 0 Å². The number of benzene rings is 1. The molecule has 0 aromatic heterocycles. The Hall–Kier alpha value is -2.04. The zero-order chi connectivity index (χ0) is 10.6. The van der Waals surface area contributed by atoms with E-state index in [-0.39, 0.29) is 5.75 Å². The summed E-state index contributed by atoms with van der Waals surface area (Å²) in [5.74, 6) is -1.47. The van der Waals surface area contributed by atoms with E-state index in [1.165, 1.54) is 19.2 Å². The Morgan fingerprint density at radius 1 is 1.29 bits per heavy atom. The monoisotopic (exact) mass is 194 g/mol. The molecule has 5 heteroatoms. The lowest BCUT2D eigenvalue weighted by atomic mass is 10.3. The molecule has 0 atom stereocenters. The van der Waals surface area contributed by atoms with Gasteiger partial charge < -0.3 is 15.7 Å². The molecule has 5 nitrogen and oxygen atoms in total. The highest BCUT2D eigenvalue weighted by Crippen LogP contribution is 2.14. The van der Waals surface area contributed by atoms with Gasteiger partial charge in [0.1, 0.15) is 5.75 Å². The molecule has 1 rings (SSSR count). The minimum absolute atomic E-state index is 0.0275. The Morgan fingerprint density at radius 2 is 2.00 bits per heavy atom. The number of rotatable bonds is 1. The van der Waals surface area contributed by atoms with Gasteiger partial charge in [0.2, 0.25) is 0 Å². The largest absolute Gasteiger partial charge is 0.508 e. The van der Waals surface area contributed by atoms with Gasteiger partial charge in [-0.3, -0.25) is 9.59 Å². The van der Waals surface area contributed by atoms with Crippen LogP contribution in [0.2, 0.25) is 0 Å². The maximum Gasteiger partial charge on any atom is 0.313 e. The number of aromatic hydroxyl groups is 1. The van der Waals surface area contributed by atoms with Crippen molar-refractivity contribution in [2.45, 2.75) is 0 Å². The second-order valence-corrected chi connectivity index (χ2v) is 2.58. The van der Waals surface area contributed by atoms with E-state index in [4.69, 9.17) is 5.11 Å². The Balaban J connectivity index is 2.70. The third-order valence-electron chi connectivity index (χ3n) is 1.54. The van der Waals surface area contributed by atoms with Gasteiger partial charge in [-0.2, -0.15) is 0 Å². The molecule has 1 aromatic rings. The maximum atomic E-state index is 11.0. The lowest BCUT2D eigenvalue weighted by molar-refractivity contribution is -0.135. The van der Waals surface area contributed by atoms with Gasteiger partial charge in [-0.05, 0) is 12.1 Å². The first-order valence-corrected chi connectivity index (χ1v) is 3.95. The van der Waals surface area contributed by atoms with Gasteiger partial charge in [-0.1, -0.05) is 6.07 Å². The zero-order valence-corrected chi connectivity index (χ0v) is 7.57. The molecule has 74 valence electrons. The summed E-state index contributed by atoms with van der Waals surface area (Å²) in [4.78, 5) is 21.9. The molecule has 0 aliphatic heterocycles. The average molecular weight is 194 g/mol. The van der Waals surface area contributed by atoms with Crippen molar-refractivity contribution in [3.8, 4) is 5.75 Å². The van der Waals surface area contributed by atoms with E-state index in [0.29, 0.717) is 5.69 Å². The van der Waals surface area contributed by atoms with Crippen molar-refractivity contribution in [1.82, 2.24) is 5.32 Å². The van der Waals surface area contributed by atoms with Crippen LogP contribution in [0.1, 0.15) is 0 Å². The molecule has 0 aliphatic rings. The van der Waals surface area contributed by atoms with E-state index in [9.17, 15) is 9.59 Å². The second kappa shape index (κ2) is 4.27. The Labute approximate surface area is 80.7 Å². The molecule has 0 heterocycles. The van der Waals surface area contributed by atoms with E-state index in [1.807, 2.05) is 0 Å². The van der Waals surface area contributed by atoms with Gasteiger partial charge in [-0.25, -0.2) is 0 Å². The third-order valence-corrected chi connectivity index (χ3v) is 1.54. The number of amides is 2. The number of carbonyl (C=O) groups is 2. The maximum absolute atomic E-state index is 11.0. The van der Waals surface area contributed by atoms with E-state index in [0.717, 1.165) is 0 Å². The highest BCUT2D eigenvalue weighted by atomic mass is 16.3. The fraction of sp³-hybridized carbons (Fsp3) is 0.111. The predicted octanol–water partition coefficient (Wildman–Crippen LogP) is 0.0767. The van der Waals surface area contributed by atoms with E-state index in [1.54, 1.807) is 12.1 Å². The predicted molar refractivity (Wildman–Crippen MR) is 50.8 cm³/mol. The van der Waals surface area contributed by atoms with Crippen LogP contribution < -0.4 is 10.6 Å². The number of phenols is 1. The Kier molecular flexibility index (Phi) is 3.06. The molecule has 0 fully saturated rings. The van der Waals surface area contributed by atoms with Gasteiger partial charge >= 0.3 is 11.8 Å². The third kappa shape index (κ3) is 2.48. The van der Waals surface area contributed by atoms with Crippen LogP contribution in [-0.4, -0.2) is 24.0 Å². The number of nitrogens with one attached hydrogen (secondary N) is 2. The van der Waals surface area contributed by atoms with Gasteiger partial charge in [0.25, 0.3) is 0 Å². The molecular formula is C9H10N2O3. The lowest BCUT2D eigenvalue weighted by Gasteiger charge is -2.03. The topological polar surface area (TPSA) is 78.4 Å². The van der Waals surface area contributed by atoms with Crippen LogP contribution in [0.5, 0.6) is 5.75 Å². The molecule has 1 aromatic carbocycles. The highest BCUT2D eigenvalue weighted by Gasteiger charge is 2.10. The summed E-state index contributed by atoms with van der Waals surface area (Å²) in [6.45, 7) is 0. The number of hydrogen-bond donors (Lipinski definition) is 3. The first-order chi connectivity index (χ1) is 6.63. The van der Waals surface area contributed by atoms with Gasteiger partial charge in [0.05, 0.1) is 0 Å². The van der Waals surface area contributed by atoms with Crippen molar-refractivity contribution in [2.75, 3.05) is 12.4 Å². The van der Waals surface area contributed by atoms with Gasteiger partial charge in [0, 0.05) is 18.8 Å². The summed E-state index contributed by atoms with van der Waals surface area (Å²) in [7, 11) is 1.37. The summed E-state index contributed by atoms with van der Waals surface area (Å²) in [5.41, 5.74) is 0.374. The first-order valence-electron chi connectivity index (χ1n) is 3.95. The first kappa shape index (κ1) is 10.0. The van der Waals surface area contributed by atoms with Crippen LogP contribution >= 0.6 is 0 Å². The van der Waals surface area contributed by atoms with Crippen molar-refractivity contribution >= 4 is 17.5 Å². The molecule has 0 saturated carbocycles. The van der Waals surface area contributed by atoms with Crippen LogP contribution in [0, 0.1) is 0 Å². The molecule has 0 radical (unpaired) electrons. The van der Waals surface area contributed by atoms with E-state index < -0.39 is 11.8 Å². The second-order valence-electron chi connectivity index (χ2n) is 2.58. The van der Waals surface area contributed by atoms with Crippen molar-refractivity contribution < 1.29 is 14.7 Å².